The third-order valence-electron chi connectivity index (χ3n) is 3.64. The predicted molar refractivity (Wildman–Crippen MR) is 84.0 cm³/mol. The molecule has 0 fully saturated rings. The number of Topliss-reactive ketones (excluding diaryl/α,β-unsaturated/α-hetero) is 1. The lowest BCUT2D eigenvalue weighted by molar-refractivity contribution is 0.101. The van der Waals surface area contributed by atoms with E-state index in [4.69, 9.17) is 11.6 Å². The van der Waals surface area contributed by atoms with Gasteiger partial charge in [0.2, 0.25) is 0 Å². The van der Waals surface area contributed by atoms with Gasteiger partial charge in [-0.2, -0.15) is 0 Å². The van der Waals surface area contributed by atoms with E-state index in [2.05, 4.69) is 18.2 Å². The highest BCUT2D eigenvalue weighted by Gasteiger charge is 2.12. The molecule has 0 saturated heterocycles. The lowest BCUT2D eigenvalue weighted by atomic mass is 10.1. The molecule has 102 valence electrons. The first-order chi connectivity index (χ1) is 9.63. The highest BCUT2D eigenvalue weighted by atomic mass is 35.5. The number of rotatable bonds is 3. The first kappa shape index (κ1) is 13.7. The molecule has 20 heavy (non-hydrogen) atoms. The number of aryl methyl sites for hydroxylation is 2. The van der Waals surface area contributed by atoms with Crippen LogP contribution in [0, 0.1) is 0 Å². The molecule has 0 radical (unpaired) electrons. The molecule has 1 aliphatic carbocycles. The Kier molecular flexibility index (Phi) is 3.86. The minimum Gasteiger partial charge on any atom is -0.295 e. The molecule has 3 rings (SSSR count). The van der Waals surface area contributed by atoms with Gasteiger partial charge in [0.1, 0.15) is 0 Å². The lowest BCUT2D eigenvalue weighted by Crippen LogP contribution is -1.91. The first-order valence-corrected chi connectivity index (χ1v) is 7.93. The van der Waals surface area contributed by atoms with E-state index >= 15 is 0 Å². The zero-order valence-corrected chi connectivity index (χ0v) is 12.9. The van der Waals surface area contributed by atoms with Crippen LogP contribution in [0.3, 0.4) is 0 Å². The van der Waals surface area contributed by atoms with Gasteiger partial charge in [0.25, 0.3) is 0 Å². The second kappa shape index (κ2) is 5.63. The molecule has 0 aromatic heterocycles. The SMILES string of the molecule is CC(=O)c1ccc(Sc2ccc3c(c2)CCC3)c(Cl)c1. The molecule has 0 atom stereocenters. The van der Waals surface area contributed by atoms with Gasteiger partial charge in [-0.05, 0) is 61.6 Å². The fourth-order valence-corrected chi connectivity index (χ4v) is 3.72. The molecule has 0 aliphatic heterocycles. The second-order valence-corrected chi connectivity index (χ2v) is 6.61. The molecule has 2 aromatic carbocycles. The van der Waals surface area contributed by atoms with Gasteiger partial charge in [0.05, 0.1) is 5.02 Å². The second-order valence-electron chi connectivity index (χ2n) is 5.09. The smallest absolute Gasteiger partial charge is 0.159 e. The summed E-state index contributed by atoms with van der Waals surface area (Å²) in [7, 11) is 0. The van der Waals surface area contributed by atoms with Crippen LogP contribution < -0.4 is 0 Å². The zero-order chi connectivity index (χ0) is 14.1. The normalized spacial score (nSPS) is 13.3. The monoisotopic (exact) mass is 302 g/mol. The van der Waals surface area contributed by atoms with Crippen molar-refractivity contribution in [3.63, 3.8) is 0 Å². The number of ketones is 1. The van der Waals surface area contributed by atoms with Crippen molar-refractivity contribution in [3.8, 4) is 0 Å². The Bertz CT molecular complexity index is 679. The average molecular weight is 303 g/mol. The van der Waals surface area contributed by atoms with Crippen LogP contribution in [0.25, 0.3) is 0 Å². The van der Waals surface area contributed by atoms with Gasteiger partial charge >= 0.3 is 0 Å². The van der Waals surface area contributed by atoms with E-state index in [1.165, 1.54) is 35.3 Å². The molecule has 0 N–H and O–H groups in total. The van der Waals surface area contributed by atoms with Crippen molar-refractivity contribution >= 4 is 29.1 Å². The van der Waals surface area contributed by atoms with Crippen LogP contribution in [-0.4, -0.2) is 5.78 Å². The quantitative estimate of drug-likeness (QED) is 0.726. The Morgan fingerprint density at radius 2 is 1.90 bits per heavy atom. The summed E-state index contributed by atoms with van der Waals surface area (Å²) in [4.78, 5) is 13.5. The van der Waals surface area contributed by atoms with Crippen LogP contribution in [0.2, 0.25) is 5.02 Å². The maximum Gasteiger partial charge on any atom is 0.159 e. The fourth-order valence-electron chi connectivity index (χ4n) is 2.54. The van der Waals surface area contributed by atoms with Gasteiger partial charge in [-0.3, -0.25) is 4.79 Å². The fraction of sp³-hybridized carbons (Fsp3) is 0.235. The molecule has 0 saturated carbocycles. The van der Waals surface area contributed by atoms with E-state index in [1.54, 1.807) is 24.8 Å². The van der Waals surface area contributed by atoms with Crippen molar-refractivity contribution in [1.29, 1.82) is 0 Å². The number of benzene rings is 2. The molecule has 1 aliphatic rings. The van der Waals surface area contributed by atoms with Gasteiger partial charge in [-0.25, -0.2) is 0 Å². The summed E-state index contributed by atoms with van der Waals surface area (Å²) in [5.74, 6) is 0.0426. The maximum absolute atomic E-state index is 11.3. The van der Waals surface area contributed by atoms with Gasteiger partial charge in [-0.15, -0.1) is 0 Å². The summed E-state index contributed by atoms with van der Waals surface area (Å²) >= 11 is 7.92. The van der Waals surface area contributed by atoms with Gasteiger partial charge < -0.3 is 0 Å². The Hall–Kier alpha value is -1.25. The number of hydrogen-bond donors (Lipinski definition) is 0. The van der Waals surface area contributed by atoms with Crippen LogP contribution in [0.1, 0.15) is 34.8 Å². The molecular formula is C17H15ClOS. The third kappa shape index (κ3) is 2.77. The molecule has 0 spiro atoms. The standard InChI is InChI=1S/C17H15ClOS/c1-11(19)13-6-8-17(16(18)10-13)20-15-7-5-12-3-2-4-14(12)9-15/h5-10H,2-4H2,1H3. The highest BCUT2D eigenvalue weighted by Crippen LogP contribution is 2.36. The van der Waals surface area contributed by atoms with E-state index in [0.717, 1.165) is 4.90 Å². The van der Waals surface area contributed by atoms with E-state index in [1.807, 2.05) is 12.1 Å². The topological polar surface area (TPSA) is 17.1 Å². The first-order valence-electron chi connectivity index (χ1n) is 6.73. The molecular weight excluding hydrogens is 288 g/mol. The average Bonchev–Trinajstić information content (AvgIpc) is 2.88. The van der Waals surface area contributed by atoms with E-state index in [0.29, 0.717) is 10.6 Å². The van der Waals surface area contributed by atoms with E-state index in [-0.39, 0.29) is 5.78 Å². The van der Waals surface area contributed by atoms with Crippen molar-refractivity contribution in [3.05, 3.63) is 58.1 Å². The number of fused-ring (bicyclic) bond motifs is 1. The van der Waals surface area contributed by atoms with Gasteiger partial charge in [0.15, 0.2) is 5.78 Å². The van der Waals surface area contributed by atoms with Crippen molar-refractivity contribution in [2.24, 2.45) is 0 Å². The molecule has 0 heterocycles. The summed E-state index contributed by atoms with van der Waals surface area (Å²) in [6.45, 7) is 1.55. The van der Waals surface area contributed by atoms with Gasteiger partial charge in [-0.1, -0.05) is 35.5 Å². The van der Waals surface area contributed by atoms with Crippen molar-refractivity contribution in [1.82, 2.24) is 0 Å². The Morgan fingerprint density at radius 1 is 1.10 bits per heavy atom. The molecule has 0 unspecified atom stereocenters. The van der Waals surface area contributed by atoms with Crippen molar-refractivity contribution in [2.45, 2.75) is 36.0 Å². The predicted octanol–water partition coefficient (Wildman–Crippen LogP) is 5.18. The van der Waals surface area contributed by atoms with Gasteiger partial charge in [0, 0.05) is 15.4 Å². The molecule has 0 bridgehead atoms. The molecule has 2 aromatic rings. The maximum atomic E-state index is 11.3. The Labute approximate surface area is 128 Å². The molecule has 0 amide bonds. The summed E-state index contributed by atoms with van der Waals surface area (Å²) in [6, 6.07) is 12.2. The van der Waals surface area contributed by atoms with Crippen LogP contribution >= 0.6 is 23.4 Å². The molecule has 1 nitrogen and oxygen atoms in total. The zero-order valence-electron chi connectivity index (χ0n) is 11.3. The van der Waals surface area contributed by atoms with Crippen LogP contribution in [0.15, 0.2) is 46.2 Å². The summed E-state index contributed by atoms with van der Waals surface area (Å²) < 4.78 is 0. The van der Waals surface area contributed by atoms with E-state index in [9.17, 15) is 4.79 Å². The third-order valence-corrected chi connectivity index (χ3v) is 5.13. The minimum atomic E-state index is 0.0426. The lowest BCUT2D eigenvalue weighted by Gasteiger charge is -2.07. The number of carbonyl (C=O) groups excluding carboxylic acids is 1. The van der Waals surface area contributed by atoms with Crippen molar-refractivity contribution in [2.75, 3.05) is 0 Å². The number of halogens is 1. The summed E-state index contributed by atoms with van der Waals surface area (Å²) in [5, 5.41) is 0.642. The molecule has 3 heteroatoms. The Morgan fingerprint density at radius 3 is 2.65 bits per heavy atom. The van der Waals surface area contributed by atoms with Crippen molar-refractivity contribution < 1.29 is 4.79 Å². The van der Waals surface area contributed by atoms with Crippen LogP contribution in [-0.2, 0) is 12.8 Å². The minimum absolute atomic E-state index is 0.0426. The highest BCUT2D eigenvalue weighted by molar-refractivity contribution is 7.99. The van der Waals surface area contributed by atoms with E-state index < -0.39 is 0 Å². The largest absolute Gasteiger partial charge is 0.295 e. The number of carbonyl (C=O) groups is 1. The summed E-state index contributed by atoms with van der Waals surface area (Å²) in [6.07, 6.45) is 3.65. The summed E-state index contributed by atoms with van der Waals surface area (Å²) in [5.41, 5.74) is 3.60. The number of hydrogen-bond acceptors (Lipinski definition) is 2. The van der Waals surface area contributed by atoms with Crippen LogP contribution in [0.4, 0.5) is 0 Å². The van der Waals surface area contributed by atoms with Crippen LogP contribution in [0.5, 0.6) is 0 Å². The Balaban J connectivity index is 1.86.